The summed E-state index contributed by atoms with van der Waals surface area (Å²) in [6, 6.07) is 4.79. The molecule has 0 saturated carbocycles. The summed E-state index contributed by atoms with van der Waals surface area (Å²) < 4.78 is 34.9. The van der Waals surface area contributed by atoms with Crippen molar-refractivity contribution in [2.45, 2.75) is 39.0 Å². The molecule has 1 aromatic rings. The van der Waals surface area contributed by atoms with E-state index in [1.807, 2.05) is 6.92 Å². The molecule has 0 amide bonds. The molecule has 0 spiro atoms. The largest absolute Gasteiger partial charge is 0.497 e. The van der Waals surface area contributed by atoms with Crippen molar-refractivity contribution in [3.63, 3.8) is 0 Å². The van der Waals surface area contributed by atoms with Gasteiger partial charge in [0.15, 0.2) is 5.96 Å². The number of nitrogens with zero attached hydrogens (tertiary/aromatic N) is 2. The molecular formula is C17H25F2N3O3. The van der Waals surface area contributed by atoms with Gasteiger partial charge in [-0.25, -0.2) is 4.99 Å². The zero-order valence-electron chi connectivity index (χ0n) is 14.5. The molecule has 0 atom stereocenters. The van der Waals surface area contributed by atoms with Gasteiger partial charge in [-0.15, -0.1) is 0 Å². The van der Waals surface area contributed by atoms with E-state index < -0.39 is 6.61 Å². The third kappa shape index (κ3) is 5.74. The quantitative estimate of drug-likeness (QED) is 0.604. The Balaban J connectivity index is 2.15. The number of aliphatic hydroxyl groups excluding tert-OH is 1. The van der Waals surface area contributed by atoms with Crippen LogP contribution in [0.25, 0.3) is 0 Å². The average Bonchev–Trinajstić information content (AvgIpc) is 2.59. The van der Waals surface area contributed by atoms with E-state index in [9.17, 15) is 13.9 Å². The molecule has 0 radical (unpaired) electrons. The number of benzene rings is 1. The van der Waals surface area contributed by atoms with Gasteiger partial charge in [0.05, 0.1) is 19.8 Å². The summed E-state index contributed by atoms with van der Waals surface area (Å²) in [6.07, 6.45) is 1.10. The Morgan fingerprint density at radius 3 is 2.72 bits per heavy atom. The molecular weight excluding hydrogens is 332 g/mol. The van der Waals surface area contributed by atoms with Gasteiger partial charge < -0.3 is 24.8 Å². The molecule has 8 heteroatoms. The zero-order valence-corrected chi connectivity index (χ0v) is 14.5. The lowest BCUT2D eigenvalue weighted by molar-refractivity contribution is -0.0505. The standard InChI is InChI=1S/C17H25F2N3O3/c1-3-20-17(22-8-6-13(23)7-9-22)21-11-12-4-5-14(24-2)10-15(12)25-16(18)19/h4-5,10,13,16,23H,3,6-9,11H2,1-2H3,(H,20,21). The minimum Gasteiger partial charge on any atom is -0.497 e. The third-order valence-corrected chi connectivity index (χ3v) is 3.99. The lowest BCUT2D eigenvalue weighted by Gasteiger charge is -2.32. The van der Waals surface area contributed by atoms with E-state index in [-0.39, 0.29) is 18.4 Å². The molecule has 0 aromatic heterocycles. The molecule has 1 saturated heterocycles. The van der Waals surface area contributed by atoms with Gasteiger partial charge in [0, 0.05) is 31.3 Å². The maximum absolute atomic E-state index is 12.6. The summed E-state index contributed by atoms with van der Waals surface area (Å²) in [5.41, 5.74) is 0.550. The smallest absolute Gasteiger partial charge is 0.387 e. The second kappa shape index (κ2) is 9.41. The topological polar surface area (TPSA) is 66.3 Å². The van der Waals surface area contributed by atoms with Crippen molar-refractivity contribution in [3.05, 3.63) is 23.8 Å². The number of aliphatic hydroxyl groups is 1. The van der Waals surface area contributed by atoms with Crippen LogP contribution in [0.4, 0.5) is 8.78 Å². The molecule has 0 unspecified atom stereocenters. The first kappa shape index (κ1) is 19.2. The maximum atomic E-state index is 12.6. The summed E-state index contributed by atoms with van der Waals surface area (Å²) >= 11 is 0. The number of nitrogens with one attached hydrogen (secondary N) is 1. The molecule has 6 nitrogen and oxygen atoms in total. The van der Waals surface area contributed by atoms with Crippen molar-refractivity contribution in [2.75, 3.05) is 26.7 Å². The third-order valence-electron chi connectivity index (χ3n) is 3.99. The lowest BCUT2D eigenvalue weighted by atomic mass is 10.1. The van der Waals surface area contributed by atoms with Gasteiger partial charge in [-0.3, -0.25) is 0 Å². The van der Waals surface area contributed by atoms with E-state index in [4.69, 9.17) is 4.74 Å². The number of hydrogen-bond donors (Lipinski definition) is 2. The molecule has 1 aliphatic rings. The Morgan fingerprint density at radius 2 is 2.12 bits per heavy atom. The van der Waals surface area contributed by atoms with E-state index in [1.165, 1.54) is 13.2 Å². The summed E-state index contributed by atoms with van der Waals surface area (Å²) in [7, 11) is 1.47. The van der Waals surface area contributed by atoms with Crippen molar-refractivity contribution >= 4 is 5.96 Å². The number of aliphatic imine (C=N–C) groups is 1. The number of ether oxygens (including phenoxy) is 2. The van der Waals surface area contributed by atoms with Crippen LogP contribution >= 0.6 is 0 Å². The number of rotatable bonds is 6. The van der Waals surface area contributed by atoms with Crippen molar-refractivity contribution in [1.29, 1.82) is 0 Å². The Labute approximate surface area is 146 Å². The predicted molar refractivity (Wildman–Crippen MR) is 91.3 cm³/mol. The van der Waals surface area contributed by atoms with Crippen LogP contribution in [-0.2, 0) is 6.54 Å². The van der Waals surface area contributed by atoms with Gasteiger partial charge in [-0.05, 0) is 31.9 Å². The second-order valence-corrected chi connectivity index (χ2v) is 5.74. The van der Waals surface area contributed by atoms with Gasteiger partial charge in [0.2, 0.25) is 0 Å². The molecule has 1 aromatic carbocycles. The molecule has 25 heavy (non-hydrogen) atoms. The van der Waals surface area contributed by atoms with Crippen LogP contribution in [0.5, 0.6) is 11.5 Å². The molecule has 140 valence electrons. The van der Waals surface area contributed by atoms with Crippen LogP contribution in [0.1, 0.15) is 25.3 Å². The number of methoxy groups -OCH3 is 1. The minimum atomic E-state index is -2.91. The number of alkyl halides is 2. The van der Waals surface area contributed by atoms with Crippen LogP contribution in [0.2, 0.25) is 0 Å². The van der Waals surface area contributed by atoms with Crippen molar-refractivity contribution in [1.82, 2.24) is 10.2 Å². The SMILES string of the molecule is CCNC(=NCc1ccc(OC)cc1OC(F)F)N1CCC(O)CC1. The van der Waals surface area contributed by atoms with E-state index in [0.29, 0.717) is 49.7 Å². The van der Waals surface area contributed by atoms with E-state index in [2.05, 4.69) is 19.9 Å². The van der Waals surface area contributed by atoms with Crippen LogP contribution in [0.15, 0.2) is 23.2 Å². The second-order valence-electron chi connectivity index (χ2n) is 5.74. The highest BCUT2D eigenvalue weighted by atomic mass is 19.3. The average molecular weight is 357 g/mol. The number of guanidine groups is 1. The van der Waals surface area contributed by atoms with E-state index in [0.717, 1.165) is 0 Å². The molecule has 0 bridgehead atoms. The normalized spacial score (nSPS) is 16.2. The van der Waals surface area contributed by atoms with Crippen molar-refractivity contribution in [3.8, 4) is 11.5 Å². The highest BCUT2D eigenvalue weighted by molar-refractivity contribution is 5.80. The summed E-state index contributed by atoms with van der Waals surface area (Å²) in [5.74, 6) is 1.21. The summed E-state index contributed by atoms with van der Waals surface area (Å²) in [4.78, 5) is 6.60. The fourth-order valence-electron chi connectivity index (χ4n) is 2.66. The lowest BCUT2D eigenvalue weighted by Crippen LogP contribution is -2.46. The molecule has 2 N–H and O–H groups in total. The highest BCUT2D eigenvalue weighted by Crippen LogP contribution is 2.27. The number of halogens is 2. The van der Waals surface area contributed by atoms with Gasteiger partial charge in [0.25, 0.3) is 0 Å². The Kier molecular flexibility index (Phi) is 7.24. The van der Waals surface area contributed by atoms with Gasteiger partial charge in [-0.2, -0.15) is 8.78 Å². The van der Waals surface area contributed by atoms with Gasteiger partial charge in [0.1, 0.15) is 11.5 Å². The fraction of sp³-hybridized carbons (Fsp3) is 0.588. The molecule has 0 aliphatic carbocycles. The van der Waals surface area contributed by atoms with Crippen molar-refractivity contribution in [2.24, 2.45) is 4.99 Å². The highest BCUT2D eigenvalue weighted by Gasteiger charge is 2.20. The van der Waals surface area contributed by atoms with E-state index in [1.54, 1.807) is 12.1 Å². The molecule has 1 fully saturated rings. The first-order valence-electron chi connectivity index (χ1n) is 8.36. The number of likely N-dealkylation sites (tertiary alicyclic amines) is 1. The predicted octanol–water partition coefficient (Wildman–Crippen LogP) is 2.22. The van der Waals surface area contributed by atoms with Gasteiger partial charge in [-0.1, -0.05) is 0 Å². The fourth-order valence-corrected chi connectivity index (χ4v) is 2.66. The Hall–Kier alpha value is -2.09. The number of piperidine rings is 1. The van der Waals surface area contributed by atoms with Crippen LogP contribution in [-0.4, -0.2) is 55.4 Å². The minimum absolute atomic E-state index is 0.0583. The van der Waals surface area contributed by atoms with Crippen LogP contribution in [0.3, 0.4) is 0 Å². The zero-order chi connectivity index (χ0) is 18.2. The first-order chi connectivity index (χ1) is 12.0. The maximum Gasteiger partial charge on any atom is 0.387 e. The molecule has 1 heterocycles. The van der Waals surface area contributed by atoms with Gasteiger partial charge >= 0.3 is 6.61 Å². The van der Waals surface area contributed by atoms with Crippen molar-refractivity contribution < 1.29 is 23.4 Å². The Morgan fingerprint density at radius 1 is 1.40 bits per heavy atom. The molecule has 1 aliphatic heterocycles. The molecule has 2 rings (SSSR count). The Bertz CT molecular complexity index is 576. The van der Waals surface area contributed by atoms with E-state index >= 15 is 0 Å². The van der Waals surface area contributed by atoms with Crippen LogP contribution < -0.4 is 14.8 Å². The number of hydrogen-bond acceptors (Lipinski definition) is 4. The summed E-state index contributed by atoms with van der Waals surface area (Å²) in [6.45, 7) is 1.36. The first-order valence-corrected chi connectivity index (χ1v) is 8.36. The summed E-state index contributed by atoms with van der Waals surface area (Å²) in [5, 5.41) is 12.8. The van der Waals surface area contributed by atoms with Crippen LogP contribution in [0, 0.1) is 0 Å². The monoisotopic (exact) mass is 357 g/mol.